The van der Waals surface area contributed by atoms with Crippen LogP contribution in [0.4, 0.5) is 5.69 Å². The van der Waals surface area contributed by atoms with Gasteiger partial charge in [-0.2, -0.15) is 0 Å². The number of para-hydroxylation sites is 1. The number of benzene rings is 1. The Morgan fingerprint density at radius 3 is 1.92 bits per heavy atom. The molecule has 25 heavy (non-hydrogen) atoms. The van der Waals surface area contributed by atoms with Gasteiger partial charge in [0.05, 0.1) is 16.4 Å². The maximum absolute atomic E-state index is 13.1. The van der Waals surface area contributed by atoms with Crippen LogP contribution in [0.15, 0.2) is 46.8 Å². The summed E-state index contributed by atoms with van der Waals surface area (Å²) in [7, 11) is 0. The minimum absolute atomic E-state index is 0.127. The number of Topliss-reactive ketones (excluding diaryl/α,β-unsaturated/α-hetero) is 3. The van der Waals surface area contributed by atoms with E-state index in [0.29, 0.717) is 11.4 Å². The van der Waals surface area contributed by atoms with Crippen LogP contribution >= 0.6 is 0 Å². The number of carbonyl (C=O) groups is 3. The van der Waals surface area contributed by atoms with E-state index in [9.17, 15) is 24.5 Å². The predicted molar refractivity (Wildman–Crippen MR) is 90.8 cm³/mol. The van der Waals surface area contributed by atoms with Gasteiger partial charge in [-0.15, -0.1) is 0 Å². The van der Waals surface area contributed by atoms with Crippen molar-refractivity contribution in [3.63, 3.8) is 0 Å². The van der Waals surface area contributed by atoms with Gasteiger partial charge in [0.25, 0.3) is 5.69 Å². The first kappa shape index (κ1) is 18.3. The number of nitro groups is 1. The molecule has 0 aromatic heterocycles. The van der Waals surface area contributed by atoms with Gasteiger partial charge < -0.3 is 5.32 Å². The van der Waals surface area contributed by atoms with E-state index in [4.69, 9.17) is 0 Å². The lowest BCUT2D eigenvalue weighted by atomic mass is 9.77. The Labute approximate surface area is 144 Å². The van der Waals surface area contributed by atoms with Gasteiger partial charge in [-0.3, -0.25) is 24.5 Å². The van der Waals surface area contributed by atoms with Crippen molar-refractivity contribution in [1.82, 2.24) is 5.32 Å². The van der Waals surface area contributed by atoms with Crippen LogP contribution in [0.3, 0.4) is 0 Å². The third-order valence-electron chi connectivity index (χ3n) is 4.15. The van der Waals surface area contributed by atoms with Crippen LogP contribution < -0.4 is 5.32 Å². The number of nitro benzene ring substituents is 1. The Kier molecular flexibility index (Phi) is 4.97. The van der Waals surface area contributed by atoms with Gasteiger partial charge in [0.2, 0.25) is 0 Å². The van der Waals surface area contributed by atoms with Crippen LogP contribution in [-0.4, -0.2) is 22.3 Å². The molecule has 0 radical (unpaired) electrons. The molecule has 1 N–H and O–H groups in total. The van der Waals surface area contributed by atoms with Crippen LogP contribution in [-0.2, 0) is 9.59 Å². The van der Waals surface area contributed by atoms with Crippen LogP contribution in [0.2, 0.25) is 0 Å². The van der Waals surface area contributed by atoms with Crippen LogP contribution in [0, 0.1) is 16.0 Å². The lowest BCUT2D eigenvalue weighted by Gasteiger charge is -2.29. The summed E-state index contributed by atoms with van der Waals surface area (Å²) in [6, 6.07) is 5.53. The summed E-state index contributed by atoms with van der Waals surface area (Å²) >= 11 is 0. The fourth-order valence-electron chi connectivity index (χ4n) is 3.19. The monoisotopic (exact) mass is 342 g/mol. The van der Waals surface area contributed by atoms with E-state index in [2.05, 4.69) is 5.32 Å². The molecule has 0 saturated heterocycles. The summed E-state index contributed by atoms with van der Waals surface area (Å²) in [5, 5.41) is 14.2. The first-order valence-electron chi connectivity index (χ1n) is 7.64. The molecule has 7 heteroatoms. The van der Waals surface area contributed by atoms with Crippen molar-refractivity contribution in [3.8, 4) is 0 Å². The van der Waals surface area contributed by atoms with Crippen LogP contribution in [0.5, 0.6) is 0 Å². The summed E-state index contributed by atoms with van der Waals surface area (Å²) < 4.78 is 0. The normalized spacial score (nSPS) is 15.0. The van der Waals surface area contributed by atoms with Crippen LogP contribution in [0.1, 0.15) is 38.1 Å². The van der Waals surface area contributed by atoms with Crippen LogP contribution in [0.25, 0.3) is 0 Å². The molecule has 0 atom stereocenters. The van der Waals surface area contributed by atoms with Crippen molar-refractivity contribution >= 4 is 23.0 Å². The van der Waals surface area contributed by atoms with E-state index in [1.807, 2.05) is 0 Å². The molecule has 0 fully saturated rings. The lowest BCUT2D eigenvalue weighted by molar-refractivity contribution is -0.385. The molecule has 1 heterocycles. The van der Waals surface area contributed by atoms with Gasteiger partial charge in [-0.1, -0.05) is 12.1 Å². The predicted octanol–water partition coefficient (Wildman–Crippen LogP) is 2.72. The molecule has 2 rings (SSSR count). The Balaban J connectivity index is 2.72. The second-order valence-corrected chi connectivity index (χ2v) is 5.89. The van der Waals surface area contributed by atoms with E-state index in [0.717, 1.165) is 0 Å². The van der Waals surface area contributed by atoms with Crippen molar-refractivity contribution in [2.75, 3.05) is 0 Å². The van der Waals surface area contributed by atoms with Crippen molar-refractivity contribution in [1.29, 1.82) is 0 Å². The lowest BCUT2D eigenvalue weighted by Crippen LogP contribution is -2.35. The highest BCUT2D eigenvalue weighted by atomic mass is 16.6. The fraction of sp³-hybridized carbons (Fsp3) is 0.278. The number of allylic oxidation sites excluding steroid dienone is 4. The van der Waals surface area contributed by atoms with Crippen molar-refractivity contribution < 1.29 is 19.3 Å². The smallest absolute Gasteiger partial charge is 0.280 e. The summed E-state index contributed by atoms with van der Waals surface area (Å²) in [4.78, 5) is 48.0. The Morgan fingerprint density at radius 2 is 1.48 bits per heavy atom. The number of dihydropyridines is 1. The number of carbonyl (C=O) groups excluding carboxylic acids is 3. The molecule has 7 nitrogen and oxygen atoms in total. The molecule has 1 aliphatic rings. The number of nitrogens with one attached hydrogen (secondary N) is 1. The fourth-order valence-corrected chi connectivity index (χ4v) is 3.19. The average Bonchev–Trinajstić information content (AvgIpc) is 2.52. The summed E-state index contributed by atoms with van der Waals surface area (Å²) in [5.74, 6) is -2.53. The maximum Gasteiger partial charge on any atom is 0.280 e. The molecule has 0 spiro atoms. The number of ketones is 3. The average molecular weight is 342 g/mol. The van der Waals surface area contributed by atoms with Gasteiger partial charge in [0.1, 0.15) is 0 Å². The molecule has 1 aliphatic heterocycles. The highest BCUT2D eigenvalue weighted by Crippen LogP contribution is 2.35. The van der Waals surface area contributed by atoms with Gasteiger partial charge in [0.15, 0.2) is 17.3 Å². The molecule has 0 bridgehead atoms. The molecule has 0 amide bonds. The quantitative estimate of drug-likeness (QED) is 0.501. The van der Waals surface area contributed by atoms with E-state index >= 15 is 0 Å². The number of hydrogen-bond acceptors (Lipinski definition) is 6. The van der Waals surface area contributed by atoms with Gasteiger partial charge in [-0.05, 0) is 33.8 Å². The molecule has 0 saturated carbocycles. The zero-order valence-electron chi connectivity index (χ0n) is 14.4. The van der Waals surface area contributed by atoms with E-state index in [1.165, 1.54) is 38.1 Å². The second kappa shape index (κ2) is 6.80. The molecule has 130 valence electrons. The van der Waals surface area contributed by atoms with E-state index < -0.39 is 16.6 Å². The third-order valence-corrected chi connectivity index (χ3v) is 4.15. The second-order valence-electron chi connectivity index (χ2n) is 5.89. The number of hydrogen-bond donors (Lipinski definition) is 1. The minimum atomic E-state index is -1.16. The molecule has 1 aromatic carbocycles. The first-order chi connectivity index (χ1) is 11.7. The third kappa shape index (κ3) is 3.26. The molecule has 1 aromatic rings. The van der Waals surface area contributed by atoms with Crippen molar-refractivity contribution in [3.05, 3.63) is 62.5 Å². The molecular weight excluding hydrogens is 324 g/mol. The summed E-state index contributed by atoms with van der Waals surface area (Å²) in [6.07, 6.45) is 0. The SMILES string of the molecule is CC(=O)C1=C(C)NC(C)=C(C(C)=O)C1C(=O)c1ccccc1[N+](=O)[O-]. The molecule has 0 unspecified atom stereocenters. The van der Waals surface area contributed by atoms with Gasteiger partial charge in [0, 0.05) is 28.6 Å². The minimum Gasteiger partial charge on any atom is -0.362 e. The molecular formula is C18H18N2O5. The van der Waals surface area contributed by atoms with Gasteiger partial charge in [-0.25, -0.2) is 0 Å². The Bertz CT molecular complexity index is 828. The maximum atomic E-state index is 13.1. The Hall–Kier alpha value is -3.09. The summed E-state index contributed by atoms with van der Waals surface area (Å²) in [5.41, 5.74) is 0.751. The molecule has 0 aliphatic carbocycles. The van der Waals surface area contributed by atoms with Crippen molar-refractivity contribution in [2.24, 2.45) is 5.92 Å². The Morgan fingerprint density at radius 1 is 1.00 bits per heavy atom. The number of nitrogens with zero attached hydrogens (tertiary/aromatic N) is 1. The van der Waals surface area contributed by atoms with Gasteiger partial charge >= 0.3 is 0 Å². The topological polar surface area (TPSA) is 106 Å². The van der Waals surface area contributed by atoms with Crippen molar-refractivity contribution in [2.45, 2.75) is 27.7 Å². The standard InChI is InChI=1S/C18H18N2O5/c1-9-15(11(3)21)17(16(12(4)22)10(2)19-9)18(23)13-7-5-6-8-14(13)20(24)25/h5-8,17,19H,1-4H3. The van der Waals surface area contributed by atoms with E-state index in [1.54, 1.807) is 13.8 Å². The highest BCUT2D eigenvalue weighted by Gasteiger charge is 2.39. The number of rotatable bonds is 5. The first-order valence-corrected chi connectivity index (χ1v) is 7.64. The largest absolute Gasteiger partial charge is 0.362 e. The zero-order chi connectivity index (χ0) is 18.9. The zero-order valence-corrected chi connectivity index (χ0v) is 14.4. The highest BCUT2D eigenvalue weighted by molar-refractivity contribution is 6.15. The summed E-state index contributed by atoms with van der Waals surface area (Å²) in [6.45, 7) is 5.88. The van der Waals surface area contributed by atoms with E-state index in [-0.39, 0.29) is 34.0 Å².